The third-order valence-corrected chi connectivity index (χ3v) is 4.49. The maximum absolute atomic E-state index is 13.5. The molecule has 7 heteroatoms. The Morgan fingerprint density at radius 3 is 2.61 bits per heavy atom. The van der Waals surface area contributed by atoms with E-state index in [1.807, 2.05) is 25.1 Å². The number of nitrogens with zero attached hydrogens (tertiary/aromatic N) is 1. The van der Waals surface area contributed by atoms with Crippen molar-refractivity contribution < 1.29 is 18.7 Å². The van der Waals surface area contributed by atoms with Gasteiger partial charge < -0.3 is 19.7 Å². The Bertz CT molecular complexity index is 856. The van der Waals surface area contributed by atoms with E-state index in [-0.39, 0.29) is 17.8 Å². The van der Waals surface area contributed by atoms with E-state index in [2.05, 4.69) is 5.32 Å². The average molecular weight is 407 g/mol. The van der Waals surface area contributed by atoms with Crippen LogP contribution in [0.1, 0.15) is 17.2 Å². The summed E-state index contributed by atoms with van der Waals surface area (Å²) in [5.41, 5.74) is 1.49. The van der Waals surface area contributed by atoms with Crippen molar-refractivity contribution in [1.82, 2.24) is 10.2 Å². The maximum atomic E-state index is 13.5. The molecule has 0 aliphatic rings. The van der Waals surface area contributed by atoms with Gasteiger partial charge in [-0.15, -0.1) is 0 Å². The molecule has 0 fully saturated rings. The monoisotopic (exact) mass is 406 g/mol. The number of carbonyl (C=O) groups is 1. The van der Waals surface area contributed by atoms with E-state index in [1.54, 1.807) is 24.3 Å². The lowest BCUT2D eigenvalue weighted by atomic mass is 10.1. The third kappa shape index (κ3) is 5.71. The topological polar surface area (TPSA) is 50.8 Å². The fraction of sp³-hybridized carbons (Fsp3) is 0.286. The summed E-state index contributed by atoms with van der Waals surface area (Å²) in [6.45, 7) is 0.340. The normalized spacial score (nSPS) is 12.2. The number of ether oxygens (including phenoxy) is 2. The van der Waals surface area contributed by atoms with E-state index >= 15 is 0 Å². The number of likely N-dealkylation sites (N-methyl/N-ethyl adjacent to an activating group) is 1. The number of halogens is 2. The number of nitrogens with one attached hydrogen (secondary N) is 1. The molecule has 1 unspecified atom stereocenters. The highest BCUT2D eigenvalue weighted by atomic mass is 35.5. The van der Waals surface area contributed by atoms with Gasteiger partial charge in [0.1, 0.15) is 5.82 Å². The Hall–Kier alpha value is -2.57. The van der Waals surface area contributed by atoms with Crippen molar-refractivity contribution in [1.29, 1.82) is 0 Å². The van der Waals surface area contributed by atoms with Crippen LogP contribution in [-0.2, 0) is 4.79 Å². The number of amides is 1. The number of methoxy groups -OCH3 is 2. The number of hydrogen-bond donors (Lipinski definition) is 1. The molecule has 0 saturated carbocycles. The summed E-state index contributed by atoms with van der Waals surface area (Å²) in [6.07, 6.45) is 3.05. The van der Waals surface area contributed by atoms with Crippen molar-refractivity contribution >= 4 is 23.6 Å². The van der Waals surface area contributed by atoms with Gasteiger partial charge in [0.2, 0.25) is 5.91 Å². The Morgan fingerprint density at radius 2 is 2.00 bits per heavy atom. The predicted molar refractivity (Wildman–Crippen MR) is 109 cm³/mol. The molecular formula is C21H24ClFN2O3. The lowest BCUT2D eigenvalue weighted by molar-refractivity contribution is -0.116. The summed E-state index contributed by atoms with van der Waals surface area (Å²) in [6, 6.07) is 9.62. The van der Waals surface area contributed by atoms with Crippen LogP contribution in [0.15, 0.2) is 42.5 Å². The lowest BCUT2D eigenvalue weighted by Gasteiger charge is -2.24. The van der Waals surface area contributed by atoms with Gasteiger partial charge >= 0.3 is 0 Å². The Kier molecular flexibility index (Phi) is 7.84. The minimum Gasteiger partial charge on any atom is -0.493 e. The fourth-order valence-electron chi connectivity index (χ4n) is 2.77. The zero-order valence-electron chi connectivity index (χ0n) is 16.3. The minimum atomic E-state index is -0.305. The van der Waals surface area contributed by atoms with Crippen LogP contribution in [0.4, 0.5) is 4.39 Å². The first-order chi connectivity index (χ1) is 13.3. The molecule has 5 nitrogen and oxygen atoms in total. The van der Waals surface area contributed by atoms with Gasteiger partial charge in [-0.1, -0.05) is 23.7 Å². The van der Waals surface area contributed by atoms with Gasteiger partial charge in [-0.2, -0.15) is 0 Å². The highest BCUT2D eigenvalue weighted by Gasteiger charge is 2.15. The first kappa shape index (κ1) is 21.7. The lowest BCUT2D eigenvalue weighted by Crippen LogP contribution is -2.33. The molecule has 0 bridgehead atoms. The quantitative estimate of drug-likeness (QED) is 0.675. The van der Waals surface area contributed by atoms with Gasteiger partial charge in [0.15, 0.2) is 11.5 Å². The maximum Gasteiger partial charge on any atom is 0.244 e. The van der Waals surface area contributed by atoms with Crippen LogP contribution < -0.4 is 14.8 Å². The summed E-state index contributed by atoms with van der Waals surface area (Å²) in [5, 5.41) is 3.23. The van der Waals surface area contributed by atoms with E-state index in [4.69, 9.17) is 21.1 Å². The molecule has 1 atom stereocenters. The second kappa shape index (κ2) is 10.1. The zero-order chi connectivity index (χ0) is 20.7. The minimum absolute atomic E-state index is 0.149. The van der Waals surface area contributed by atoms with Crippen LogP contribution in [0.2, 0.25) is 5.02 Å². The summed E-state index contributed by atoms with van der Waals surface area (Å²) < 4.78 is 23.9. The SMILES string of the molecule is COc1cc(/C=C/C(=O)NCC(c2cccc(F)c2)N(C)C)cc(Cl)c1OC. The van der Waals surface area contributed by atoms with Crippen molar-refractivity contribution in [2.24, 2.45) is 0 Å². The Morgan fingerprint density at radius 1 is 1.25 bits per heavy atom. The summed E-state index contributed by atoms with van der Waals surface area (Å²) in [5.74, 6) is 0.346. The molecule has 1 N–H and O–H groups in total. The summed E-state index contributed by atoms with van der Waals surface area (Å²) in [7, 11) is 6.78. The highest BCUT2D eigenvalue weighted by Crippen LogP contribution is 2.36. The largest absolute Gasteiger partial charge is 0.493 e. The predicted octanol–water partition coefficient (Wildman–Crippen LogP) is 3.93. The average Bonchev–Trinajstić information content (AvgIpc) is 2.65. The van der Waals surface area contributed by atoms with E-state index in [0.717, 1.165) is 5.56 Å². The van der Waals surface area contributed by atoms with Crippen molar-refractivity contribution in [3.63, 3.8) is 0 Å². The van der Waals surface area contributed by atoms with Crippen LogP contribution in [0.25, 0.3) is 6.08 Å². The van der Waals surface area contributed by atoms with Crippen LogP contribution in [0.5, 0.6) is 11.5 Å². The van der Waals surface area contributed by atoms with Crippen molar-refractivity contribution in [2.45, 2.75) is 6.04 Å². The highest BCUT2D eigenvalue weighted by molar-refractivity contribution is 6.32. The van der Waals surface area contributed by atoms with Gasteiger partial charge in [-0.05, 0) is 55.6 Å². The Labute approximate surface area is 169 Å². The molecule has 0 radical (unpaired) electrons. The van der Waals surface area contributed by atoms with Crippen LogP contribution in [0.3, 0.4) is 0 Å². The van der Waals surface area contributed by atoms with E-state index < -0.39 is 0 Å². The second-order valence-electron chi connectivity index (χ2n) is 6.35. The molecule has 0 aliphatic heterocycles. The number of hydrogen-bond acceptors (Lipinski definition) is 4. The van der Waals surface area contributed by atoms with Gasteiger partial charge in [0.25, 0.3) is 0 Å². The van der Waals surface area contributed by atoms with Crippen LogP contribution in [-0.4, -0.2) is 45.7 Å². The molecule has 28 heavy (non-hydrogen) atoms. The van der Waals surface area contributed by atoms with Crippen LogP contribution in [0, 0.1) is 5.82 Å². The van der Waals surface area contributed by atoms with Crippen molar-refractivity contribution in [3.8, 4) is 11.5 Å². The first-order valence-corrected chi connectivity index (χ1v) is 9.02. The first-order valence-electron chi connectivity index (χ1n) is 8.65. The second-order valence-corrected chi connectivity index (χ2v) is 6.76. The van der Waals surface area contributed by atoms with Gasteiger partial charge in [0.05, 0.1) is 25.3 Å². The molecule has 0 aromatic heterocycles. The molecule has 1 amide bonds. The molecule has 0 saturated heterocycles. The zero-order valence-corrected chi connectivity index (χ0v) is 17.1. The number of rotatable bonds is 8. The molecule has 0 aliphatic carbocycles. The molecule has 150 valence electrons. The molecule has 0 spiro atoms. The van der Waals surface area contributed by atoms with Gasteiger partial charge in [0, 0.05) is 12.6 Å². The number of carbonyl (C=O) groups excluding carboxylic acids is 1. The van der Waals surface area contributed by atoms with Crippen molar-refractivity contribution in [2.75, 3.05) is 34.9 Å². The molecule has 2 rings (SSSR count). The summed E-state index contributed by atoms with van der Waals surface area (Å²) in [4.78, 5) is 14.1. The molecular weight excluding hydrogens is 383 g/mol. The third-order valence-electron chi connectivity index (χ3n) is 4.21. The summed E-state index contributed by atoms with van der Waals surface area (Å²) >= 11 is 6.17. The van der Waals surface area contributed by atoms with E-state index in [9.17, 15) is 9.18 Å². The van der Waals surface area contributed by atoms with Crippen LogP contribution >= 0.6 is 11.6 Å². The number of benzene rings is 2. The van der Waals surface area contributed by atoms with E-state index in [0.29, 0.717) is 28.6 Å². The smallest absolute Gasteiger partial charge is 0.244 e. The van der Waals surface area contributed by atoms with Gasteiger partial charge in [-0.25, -0.2) is 4.39 Å². The molecule has 2 aromatic carbocycles. The molecule has 0 heterocycles. The van der Waals surface area contributed by atoms with E-state index in [1.165, 1.54) is 32.4 Å². The van der Waals surface area contributed by atoms with Gasteiger partial charge in [-0.3, -0.25) is 4.79 Å². The standard InChI is InChI=1S/C21H24ClFN2O3/c1-25(2)18(15-6-5-7-16(23)12-15)13-24-20(26)9-8-14-10-17(22)21(28-4)19(11-14)27-3/h5-12,18H,13H2,1-4H3,(H,24,26)/b9-8+. The fourth-order valence-corrected chi connectivity index (χ4v) is 3.07. The molecule has 2 aromatic rings. The van der Waals surface area contributed by atoms with Crippen molar-refractivity contribution in [3.05, 3.63) is 64.4 Å². The Balaban J connectivity index is 2.06.